The van der Waals surface area contributed by atoms with Gasteiger partial charge in [0.2, 0.25) is 0 Å². The smallest absolute Gasteiger partial charge is 0.0702 e. The molecule has 13 heavy (non-hydrogen) atoms. The first kappa shape index (κ1) is 9.83. The van der Waals surface area contributed by atoms with Gasteiger partial charge < -0.3 is 5.73 Å². The lowest BCUT2D eigenvalue weighted by Gasteiger charge is -2.06. The Hall–Kier alpha value is -1.26. The van der Waals surface area contributed by atoms with Gasteiger partial charge in [0.25, 0.3) is 0 Å². The van der Waals surface area contributed by atoms with Gasteiger partial charge in [-0.3, -0.25) is 0 Å². The Morgan fingerprint density at radius 1 is 1.31 bits per heavy atom. The van der Waals surface area contributed by atoms with Crippen LogP contribution < -0.4 is 5.73 Å². The molecule has 1 nitrogen and oxygen atoms in total. The summed E-state index contributed by atoms with van der Waals surface area (Å²) in [5, 5.41) is 0. The molecule has 0 heterocycles. The van der Waals surface area contributed by atoms with Gasteiger partial charge in [-0.1, -0.05) is 35.2 Å². The third-order valence-electron chi connectivity index (χ3n) is 1.95. The minimum absolute atomic E-state index is 0.166. The third kappa shape index (κ3) is 2.93. The molecule has 0 aliphatic heterocycles. The molecule has 1 atom stereocenters. The molecule has 2 N–H and O–H groups in total. The minimum atomic E-state index is -0.166. The van der Waals surface area contributed by atoms with Gasteiger partial charge in [0, 0.05) is 0 Å². The molecule has 0 saturated carbocycles. The fraction of sp³-hybridized carbons (Fsp3) is 0.333. The summed E-state index contributed by atoms with van der Waals surface area (Å²) in [6.45, 7) is 4.16. The molecule has 1 aromatic carbocycles. The average molecular weight is 173 g/mol. The van der Waals surface area contributed by atoms with Crippen LogP contribution in [-0.4, -0.2) is 6.04 Å². The molecular formula is C12H15N. The predicted octanol–water partition coefficient (Wildman–Crippen LogP) is 1.81. The van der Waals surface area contributed by atoms with Crippen molar-refractivity contribution in [2.45, 2.75) is 26.3 Å². The fourth-order valence-electron chi connectivity index (χ4n) is 1.50. The lowest BCUT2D eigenvalue weighted by molar-refractivity contribution is 0.834. The highest BCUT2D eigenvalue weighted by atomic mass is 14.6. The molecule has 0 amide bonds. The van der Waals surface area contributed by atoms with Crippen LogP contribution in [0.3, 0.4) is 0 Å². The number of hydrogen-bond acceptors (Lipinski definition) is 1. The van der Waals surface area contributed by atoms with Gasteiger partial charge in [-0.25, -0.2) is 0 Å². The first-order chi connectivity index (χ1) is 6.11. The summed E-state index contributed by atoms with van der Waals surface area (Å²) in [6, 6.07) is 6.24. The first-order valence-electron chi connectivity index (χ1n) is 4.40. The lowest BCUT2D eigenvalue weighted by atomic mass is 10.0. The molecular weight excluding hydrogens is 158 g/mol. The first-order valence-corrected chi connectivity index (χ1v) is 4.40. The number of hydrogen-bond donors (Lipinski definition) is 1. The predicted molar refractivity (Wildman–Crippen MR) is 56.4 cm³/mol. The number of aryl methyl sites for hydroxylation is 2. The zero-order valence-electron chi connectivity index (χ0n) is 8.17. The van der Waals surface area contributed by atoms with Crippen LogP contribution in [0, 0.1) is 26.2 Å². The maximum Gasteiger partial charge on any atom is 0.0702 e. The van der Waals surface area contributed by atoms with Gasteiger partial charge >= 0.3 is 0 Å². The number of nitrogens with two attached hydrogens (primary N) is 1. The van der Waals surface area contributed by atoms with E-state index < -0.39 is 0 Å². The normalized spacial score (nSPS) is 12.2. The molecule has 68 valence electrons. The van der Waals surface area contributed by atoms with E-state index in [1.165, 1.54) is 16.7 Å². The van der Waals surface area contributed by atoms with Crippen LogP contribution in [-0.2, 0) is 6.42 Å². The summed E-state index contributed by atoms with van der Waals surface area (Å²) in [5.41, 5.74) is 9.42. The molecule has 1 aromatic rings. The molecule has 0 aliphatic rings. The maximum absolute atomic E-state index is 5.67. The van der Waals surface area contributed by atoms with Crippen molar-refractivity contribution in [2.24, 2.45) is 5.73 Å². The zero-order valence-corrected chi connectivity index (χ0v) is 8.17. The molecule has 0 aliphatic carbocycles. The molecule has 0 spiro atoms. The highest BCUT2D eigenvalue weighted by molar-refractivity contribution is 5.29. The van der Waals surface area contributed by atoms with Gasteiger partial charge in [-0.05, 0) is 25.8 Å². The average Bonchev–Trinajstić information content (AvgIpc) is 2.02. The van der Waals surface area contributed by atoms with Crippen LogP contribution in [0.25, 0.3) is 0 Å². The Balaban J connectivity index is 2.84. The van der Waals surface area contributed by atoms with Gasteiger partial charge in [0.1, 0.15) is 0 Å². The molecule has 1 rings (SSSR count). The van der Waals surface area contributed by atoms with Crippen LogP contribution in [0.2, 0.25) is 0 Å². The third-order valence-corrected chi connectivity index (χ3v) is 1.95. The summed E-state index contributed by atoms with van der Waals surface area (Å²) < 4.78 is 0. The Bertz CT molecular complexity index is 313. The summed E-state index contributed by atoms with van der Waals surface area (Å²) in [6.07, 6.45) is 5.98. The van der Waals surface area contributed by atoms with Gasteiger partial charge in [0.05, 0.1) is 6.04 Å². The Morgan fingerprint density at radius 2 is 1.85 bits per heavy atom. The fourth-order valence-corrected chi connectivity index (χ4v) is 1.50. The number of benzene rings is 1. The number of rotatable bonds is 2. The van der Waals surface area contributed by atoms with Gasteiger partial charge in [-0.15, -0.1) is 6.42 Å². The molecule has 0 fully saturated rings. The summed E-state index contributed by atoms with van der Waals surface area (Å²) >= 11 is 0. The van der Waals surface area contributed by atoms with Crippen LogP contribution >= 0.6 is 0 Å². The summed E-state index contributed by atoms with van der Waals surface area (Å²) in [4.78, 5) is 0. The molecule has 1 unspecified atom stereocenters. The largest absolute Gasteiger partial charge is 0.317 e. The maximum atomic E-state index is 5.67. The van der Waals surface area contributed by atoms with Crippen LogP contribution in [0.5, 0.6) is 0 Å². The SMILES string of the molecule is C#CC(N)Cc1cc(C)cc(C)c1. The Kier molecular flexibility index (Phi) is 3.11. The van der Waals surface area contributed by atoms with Crippen molar-refractivity contribution in [3.05, 3.63) is 34.9 Å². The van der Waals surface area contributed by atoms with E-state index in [-0.39, 0.29) is 6.04 Å². The van der Waals surface area contributed by atoms with E-state index in [4.69, 9.17) is 12.2 Å². The zero-order chi connectivity index (χ0) is 9.84. The van der Waals surface area contributed by atoms with Crippen molar-refractivity contribution >= 4 is 0 Å². The minimum Gasteiger partial charge on any atom is -0.317 e. The van der Waals surface area contributed by atoms with E-state index in [0.717, 1.165) is 6.42 Å². The van der Waals surface area contributed by atoms with E-state index >= 15 is 0 Å². The van der Waals surface area contributed by atoms with Crippen molar-refractivity contribution in [1.82, 2.24) is 0 Å². The van der Waals surface area contributed by atoms with Crippen molar-refractivity contribution in [1.29, 1.82) is 0 Å². The molecule has 0 aromatic heterocycles. The molecule has 0 bridgehead atoms. The van der Waals surface area contributed by atoms with E-state index in [0.29, 0.717) is 0 Å². The molecule has 0 radical (unpaired) electrons. The second-order valence-corrected chi connectivity index (χ2v) is 3.47. The van der Waals surface area contributed by atoms with E-state index in [2.05, 4.69) is 38.0 Å². The second kappa shape index (κ2) is 4.11. The summed E-state index contributed by atoms with van der Waals surface area (Å²) in [7, 11) is 0. The monoisotopic (exact) mass is 173 g/mol. The van der Waals surface area contributed by atoms with Crippen molar-refractivity contribution < 1.29 is 0 Å². The quantitative estimate of drug-likeness (QED) is 0.678. The lowest BCUT2D eigenvalue weighted by Crippen LogP contribution is -2.20. The van der Waals surface area contributed by atoms with E-state index in [1.807, 2.05) is 0 Å². The van der Waals surface area contributed by atoms with Gasteiger partial charge in [-0.2, -0.15) is 0 Å². The molecule has 1 heteroatoms. The van der Waals surface area contributed by atoms with Crippen LogP contribution in [0.1, 0.15) is 16.7 Å². The van der Waals surface area contributed by atoms with Crippen molar-refractivity contribution in [3.8, 4) is 12.3 Å². The standard InChI is InChI=1S/C12H15N/c1-4-12(13)8-11-6-9(2)5-10(3)7-11/h1,5-7,12H,8,13H2,2-3H3. The van der Waals surface area contributed by atoms with Crippen molar-refractivity contribution in [2.75, 3.05) is 0 Å². The highest BCUT2D eigenvalue weighted by Gasteiger charge is 2.00. The Morgan fingerprint density at radius 3 is 2.31 bits per heavy atom. The van der Waals surface area contributed by atoms with Crippen LogP contribution in [0.4, 0.5) is 0 Å². The molecule has 0 saturated heterocycles. The summed E-state index contributed by atoms with van der Waals surface area (Å²) in [5.74, 6) is 2.53. The second-order valence-electron chi connectivity index (χ2n) is 3.47. The number of terminal acetylenes is 1. The van der Waals surface area contributed by atoms with E-state index in [1.54, 1.807) is 0 Å². The van der Waals surface area contributed by atoms with Crippen LogP contribution in [0.15, 0.2) is 18.2 Å². The Labute approximate surface area is 80.0 Å². The van der Waals surface area contributed by atoms with Gasteiger partial charge in [0.15, 0.2) is 0 Å². The van der Waals surface area contributed by atoms with E-state index in [9.17, 15) is 0 Å². The van der Waals surface area contributed by atoms with Crippen molar-refractivity contribution in [3.63, 3.8) is 0 Å². The topological polar surface area (TPSA) is 26.0 Å². The highest BCUT2D eigenvalue weighted by Crippen LogP contribution is 2.10.